The van der Waals surface area contributed by atoms with Crippen LogP contribution in [0.4, 0.5) is 5.69 Å². The molecule has 2 aromatic carbocycles. The Morgan fingerprint density at radius 1 is 1.15 bits per heavy atom. The lowest BCUT2D eigenvalue weighted by Crippen LogP contribution is -2.29. The van der Waals surface area contributed by atoms with E-state index in [0.717, 1.165) is 34.4 Å². The average molecular weight is 401 g/mol. The Balaban J connectivity index is 1.46. The van der Waals surface area contributed by atoms with E-state index in [-0.39, 0.29) is 11.2 Å². The highest BCUT2D eigenvalue weighted by Crippen LogP contribution is 2.22. The molecule has 1 N–H and O–H groups in total. The van der Waals surface area contributed by atoms with Crippen LogP contribution in [0.25, 0.3) is 0 Å². The number of ether oxygens (including phenoxy) is 1. The van der Waals surface area contributed by atoms with Crippen LogP contribution in [0.15, 0.2) is 54.6 Å². The van der Waals surface area contributed by atoms with Gasteiger partial charge in [-0.15, -0.1) is 0 Å². The van der Waals surface area contributed by atoms with Gasteiger partial charge in [0.2, 0.25) is 5.91 Å². The molecule has 0 aromatic heterocycles. The summed E-state index contributed by atoms with van der Waals surface area (Å²) < 4.78 is 6.59. The summed E-state index contributed by atoms with van der Waals surface area (Å²) in [5, 5.41) is 2.72. The van der Waals surface area contributed by atoms with Crippen LogP contribution in [-0.4, -0.2) is 33.5 Å². The predicted octanol–water partition coefficient (Wildman–Crippen LogP) is 4.71. The third kappa shape index (κ3) is 5.97. The number of nitrogens with one attached hydrogen (secondary N) is 1. The number of hydrogen-bond acceptors (Lipinski definition) is 4. The lowest BCUT2D eigenvalue weighted by atomic mass is 10.2. The molecule has 1 amide bonds. The maximum absolute atomic E-state index is 12.4. The van der Waals surface area contributed by atoms with E-state index in [0.29, 0.717) is 6.61 Å². The van der Waals surface area contributed by atoms with Gasteiger partial charge in [0, 0.05) is 18.8 Å². The van der Waals surface area contributed by atoms with Crippen molar-refractivity contribution in [2.24, 2.45) is 0 Å². The largest absolute Gasteiger partial charge is 0.489 e. The monoisotopic (exact) mass is 400 g/mol. The summed E-state index contributed by atoms with van der Waals surface area (Å²) in [6.07, 6.45) is 2.36. The Morgan fingerprint density at radius 2 is 1.81 bits per heavy atom. The second-order valence-electron chi connectivity index (χ2n) is 6.51. The highest BCUT2D eigenvalue weighted by molar-refractivity contribution is 8.23. The Labute approximate surface area is 170 Å². The minimum absolute atomic E-state index is 0.0421. The van der Waals surface area contributed by atoms with Crippen LogP contribution >= 0.6 is 24.0 Å². The van der Waals surface area contributed by atoms with Crippen molar-refractivity contribution >= 4 is 39.9 Å². The number of thioether (sulfide) groups is 1. The fourth-order valence-corrected chi connectivity index (χ4v) is 4.21. The van der Waals surface area contributed by atoms with Gasteiger partial charge in [0.25, 0.3) is 0 Å². The average Bonchev–Trinajstić information content (AvgIpc) is 3.23. The Bertz CT molecular complexity index is 760. The molecule has 0 radical (unpaired) electrons. The van der Waals surface area contributed by atoms with Crippen molar-refractivity contribution < 1.29 is 9.53 Å². The van der Waals surface area contributed by atoms with E-state index in [9.17, 15) is 4.79 Å². The van der Waals surface area contributed by atoms with E-state index in [1.807, 2.05) is 61.5 Å². The van der Waals surface area contributed by atoms with E-state index >= 15 is 0 Å². The summed E-state index contributed by atoms with van der Waals surface area (Å²) in [4.78, 5) is 14.6. The molecular formula is C21H24N2O2S2. The van der Waals surface area contributed by atoms with Crippen LogP contribution in [-0.2, 0) is 11.4 Å². The molecular weight excluding hydrogens is 376 g/mol. The maximum Gasteiger partial charge on any atom is 0.237 e. The van der Waals surface area contributed by atoms with Crippen molar-refractivity contribution in [1.82, 2.24) is 4.90 Å². The molecule has 1 aliphatic heterocycles. The summed E-state index contributed by atoms with van der Waals surface area (Å²) in [7, 11) is 0. The van der Waals surface area contributed by atoms with Gasteiger partial charge in [-0.2, -0.15) is 0 Å². The minimum Gasteiger partial charge on any atom is -0.489 e. The number of benzene rings is 2. The van der Waals surface area contributed by atoms with E-state index < -0.39 is 0 Å². The quantitative estimate of drug-likeness (QED) is 0.712. The lowest BCUT2D eigenvalue weighted by molar-refractivity contribution is -0.115. The number of nitrogens with zero attached hydrogens (tertiary/aromatic N) is 1. The maximum atomic E-state index is 12.4. The number of carbonyl (C=O) groups excluding carboxylic acids is 1. The van der Waals surface area contributed by atoms with Gasteiger partial charge in [0.05, 0.1) is 5.25 Å². The van der Waals surface area contributed by atoms with Crippen molar-refractivity contribution in [1.29, 1.82) is 0 Å². The van der Waals surface area contributed by atoms with Crippen molar-refractivity contribution in [3.05, 3.63) is 60.2 Å². The molecule has 6 heteroatoms. The minimum atomic E-state index is -0.230. The molecule has 0 aliphatic carbocycles. The Morgan fingerprint density at radius 3 is 2.48 bits per heavy atom. The first kappa shape index (κ1) is 19.7. The normalized spacial score (nSPS) is 14.6. The SMILES string of the molecule is C[C@@H](SC(=S)N1CCCC1)C(=O)Nc1ccc(OCc2ccccc2)cc1. The molecule has 0 saturated carbocycles. The highest BCUT2D eigenvalue weighted by atomic mass is 32.2. The van der Waals surface area contributed by atoms with Crippen molar-refractivity contribution in [2.75, 3.05) is 18.4 Å². The zero-order chi connectivity index (χ0) is 19.1. The van der Waals surface area contributed by atoms with E-state index in [1.165, 1.54) is 24.6 Å². The molecule has 1 heterocycles. The predicted molar refractivity (Wildman–Crippen MR) is 116 cm³/mol. The second-order valence-corrected chi connectivity index (χ2v) is 8.48. The molecule has 1 atom stereocenters. The van der Waals surface area contributed by atoms with Crippen molar-refractivity contribution in [2.45, 2.75) is 31.6 Å². The summed E-state index contributed by atoms with van der Waals surface area (Å²) in [6.45, 7) is 4.42. The fourth-order valence-electron chi connectivity index (χ4n) is 2.80. The summed E-state index contributed by atoms with van der Waals surface area (Å²) >= 11 is 6.91. The number of thiocarbonyl (C=S) groups is 1. The third-order valence-corrected chi connectivity index (χ3v) is 5.96. The standard InChI is InChI=1S/C21H24N2O2S2/c1-16(27-21(26)23-13-5-6-14-23)20(24)22-18-9-11-19(12-10-18)25-15-17-7-3-2-4-8-17/h2-4,7-12,16H,5-6,13-15H2,1H3,(H,22,24)/t16-/m1/s1. The number of anilines is 1. The summed E-state index contributed by atoms with van der Waals surface area (Å²) in [6, 6.07) is 17.5. The molecule has 2 aromatic rings. The molecule has 1 aliphatic rings. The van der Waals surface area contributed by atoms with Gasteiger partial charge in [-0.05, 0) is 49.6 Å². The molecule has 27 heavy (non-hydrogen) atoms. The van der Waals surface area contributed by atoms with Gasteiger partial charge in [-0.1, -0.05) is 54.3 Å². The van der Waals surface area contributed by atoms with E-state index in [4.69, 9.17) is 17.0 Å². The Hall–Kier alpha value is -2.05. The molecule has 4 nitrogen and oxygen atoms in total. The summed E-state index contributed by atoms with van der Waals surface area (Å²) in [5.74, 6) is 0.731. The number of rotatable bonds is 6. The van der Waals surface area contributed by atoms with E-state index in [1.54, 1.807) is 0 Å². The highest BCUT2D eigenvalue weighted by Gasteiger charge is 2.21. The molecule has 1 saturated heterocycles. The van der Waals surface area contributed by atoms with E-state index in [2.05, 4.69) is 10.2 Å². The van der Waals surface area contributed by atoms with Gasteiger partial charge in [-0.25, -0.2) is 0 Å². The number of carbonyl (C=O) groups is 1. The van der Waals surface area contributed by atoms with Gasteiger partial charge in [0.15, 0.2) is 0 Å². The first-order valence-corrected chi connectivity index (χ1v) is 10.4. The molecule has 0 unspecified atom stereocenters. The zero-order valence-corrected chi connectivity index (χ0v) is 17.0. The van der Waals surface area contributed by atoms with Crippen molar-refractivity contribution in [3.8, 4) is 5.75 Å². The number of amides is 1. The smallest absolute Gasteiger partial charge is 0.237 e. The first-order valence-electron chi connectivity index (χ1n) is 9.15. The molecule has 142 valence electrons. The fraction of sp³-hybridized carbons (Fsp3) is 0.333. The van der Waals surface area contributed by atoms with Crippen LogP contribution in [0.1, 0.15) is 25.3 Å². The molecule has 3 rings (SSSR count). The second kappa shape index (κ2) is 9.76. The number of likely N-dealkylation sites (tertiary alicyclic amines) is 1. The van der Waals surface area contributed by atoms with Crippen LogP contribution in [0.3, 0.4) is 0 Å². The van der Waals surface area contributed by atoms with Gasteiger partial charge >= 0.3 is 0 Å². The molecule has 0 spiro atoms. The van der Waals surface area contributed by atoms with Crippen LogP contribution < -0.4 is 10.1 Å². The van der Waals surface area contributed by atoms with Crippen LogP contribution in [0.2, 0.25) is 0 Å². The Kier molecular flexibility index (Phi) is 7.12. The summed E-state index contributed by atoms with van der Waals surface area (Å²) in [5.41, 5.74) is 1.88. The molecule has 1 fully saturated rings. The van der Waals surface area contributed by atoms with Gasteiger partial charge in [0.1, 0.15) is 16.7 Å². The van der Waals surface area contributed by atoms with Gasteiger partial charge in [-0.3, -0.25) is 4.79 Å². The van der Waals surface area contributed by atoms with Crippen LogP contribution in [0.5, 0.6) is 5.75 Å². The number of hydrogen-bond donors (Lipinski definition) is 1. The molecule has 0 bridgehead atoms. The third-order valence-electron chi connectivity index (χ3n) is 4.38. The zero-order valence-electron chi connectivity index (χ0n) is 15.4. The topological polar surface area (TPSA) is 41.6 Å². The first-order chi connectivity index (χ1) is 13.1. The lowest BCUT2D eigenvalue weighted by Gasteiger charge is -2.20. The van der Waals surface area contributed by atoms with Crippen LogP contribution in [0, 0.1) is 0 Å². The van der Waals surface area contributed by atoms with Crippen molar-refractivity contribution in [3.63, 3.8) is 0 Å². The van der Waals surface area contributed by atoms with Gasteiger partial charge < -0.3 is 15.0 Å².